The van der Waals surface area contributed by atoms with Gasteiger partial charge in [0.2, 0.25) is 0 Å². The summed E-state index contributed by atoms with van der Waals surface area (Å²) in [5, 5.41) is 9.31. The van der Waals surface area contributed by atoms with Crippen LogP contribution in [0.3, 0.4) is 0 Å². The number of carbonyl (C=O) groups excluding carboxylic acids is 1. The van der Waals surface area contributed by atoms with Crippen LogP contribution >= 0.6 is 0 Å². The van der Waals surface area contributed by atoms with Gasteiger partial charge in [0.15, 0.2) is 0 Å². The summed E-state index contributed by atoms with van der Waals surface area (Å²) in [6, 6.07) is 5.66. The number of hydrogen-bond acceptors (Lipinski definition) is 4. The van der Waals surface area contributed by atoms with Crippen molar-refractivity contribution in [2.45, 2.75) is 12.8 Å². The third-order valence-corrected chi connectivity index (χ3v) is 4.04. The van der Waals surface area contributed by atoms with Gasteiger partial charge in [-0.1, -0.05) is 0 Å². The largest absolute Gasteiger partial charge is 0.493 e. The van der Waals surface area contributed by atoms with Gasteiger partial charge in [-0.15, -0.1) is 0 Å². The Morgan fingerprint density at radius 3 is 3.14 bits per heavy atom. The molecule has 2 aliphatic rings. The number of aryl methyl sites for hydroxylation is 1. The van der Waals surface area contributed by atoms with Crippen molar-refractivity contribution >= 4 is 5.91 Å². The fourth-order valence-electron chi connectivity index (χ4n) is 2.85. The number of aliphatic hydroxyl groups excluding tert-OH is 1. The van der Waals surface area contributed by atoms with E-state index in [1.165, 1.54) is 0 Å². The number of fused-ring (bicyclic) bond motifs is 1. The van der Waals surface area contributed by atoms with Crippen molar-refractivity contribution in [2.24, 2.45) is 5.92 Å². The first-order valence-electron chi connectivity index (χ1n) is 7.51. The molecule has 5 heteroatoms. The number of carbonyl (C=O) groups is 1. The average Bonchev–Trinajstić information content (AvgIpc) is 2.79. The van der Waals surface area contributed by atoms with E-state index in [0.717, 1.165) is 30.8 Å². The zero-order valence-corrected chi connectivity index (χ0v) is 12.1. The van der Waals surface area contributed by atoms with Gasteiger partial charge < -0.3 is 19.5 Å². The molecule has 1 amide bonds. The highest BCUT2D eigenvalue weighted by Gasteiger charge is 2.24. The fraction of sp³-hybridized carbons (Fsp3) is 0.562. The van der Waals surface area contributed by atoms with Crippen molar-refractivity contribution < 1.29 is 19.4 Å². The van der Waals surface area contributed by atoms with Crippen molar-refractivity contribution in [3.05, 3.63) is 29.3 Å². The summed E-state index contributed by atoms with van der Waals surface area (Å²) in [4.78, 5) is 14.4. The zero-order chi connectivity index (χ0) is 14.7. The van der Waals surface area contributed by atoms with E-state index >= 15 is 0 Å². The first-order chi connectivity index (χ1) is 10.3. The van der Waals surface area contributed by atoms with Crippen LogP contribution in [0.15, 0.2) is 18.2 Å². The van der Waals surface area contributed by atoms with Gasteiger partial charge in [-0.3, -0.25) is 4.79 Å². The Bertz CT molecular complexity index is 517. The normalized spacial score (nSPS) is 22.1. The Kier molecular flexibility index (Phi) is 4.41. The van der Waals surface area contributed by atoms with Crippen LogP contribution in [0.25, 0.3) is 0 Å². The van der Waals surface area contributed by atoms with Crippen LogP contribution in [0.4, 0.5) is 0 Å². The van der Waals surface area contributed by atoms with E-state index in [-0.39, 0.29) is 18.4 Å². The highest BCUT2D eigenvalue weighted by atomic mass is 16.5. The van der Waals surface area contributed by atoms with E-state index in [4.69, 9.17) is 9.47 Å². The van der Waals surface area contributed by atoms with E-state index in [2.05, 4.69) is 0 Å². The Balaban J connectivity index is 1.77. The van der Waals surface area contributed by atoms with Crippen molar-refractivity contribution in [1.29, 1.82) is 0 Å². The molecule has 1 atom stereocenters. The molecule has 21 heavy (non-hydrogen) atoms. The highest BCUT2D eigenvalue weighted by Crippen LogP contribution is 2.26. The standard InChI is InChI=1S/C16H21NO4/c18-10-12-9-17(5-7-20-11-12)16(19)14-3-4-15-13(8-14)2-1-6-21-15/h3-4,8,12,18H,1-2,5-7,9-11H2/t12-/m0/s1. The van der Waals surface area contributed by atoms with E-state index in [0.29, 0.717) is 31.9 Å². The van der Waals surface area contributed by atoms with Crippen LogP contribution < -0.4 is 4.74 Å². The Hall–Kier alpha value is -1.59. The topological polar surface area (TPSA) is 59.0 Å². The van der Waals surface area contributed by atoms with E-state index < -0.39 is 0 Å². The molecule has 0 saturated carbocycles. The Labute approximate surface area is 124 Å². The smallest absolute Gasteiger partial charge is 0.253 e. The van der Waals surface area contributed by atoms with E-state index in [1.807, 2.05) is 18.2 Å². The van der Waals surface area contributed by atoms with E-state index in [1.54, 1.807) is 4.90 Å². The van der Waals surface area contributed by atoms with Crippen LogP contribution in [0, 0.1) is 5.92 Å². The number of ether oxygens (including phenoxy) is 2. The van der Waals surface area contributed by atoms with Crippen molar-refractivity contribution in [1.82, 2.24) is 4.90 Å². The number of benzene rings is 1. The van der Waals surface area contributed by atoms with Gasteiger partial charge >= 0.3 is 0 Å². The SMILES string of the molecule is O=C(c1ccc2c(c1)CCCO2)N1CCOC[C@H](CO)C1. The molecule has 1 aromatic carbocycles. The molecule has 1 N–H and O–H groups in total. The summed E-state index contributed by atoms with van der Waals surface area (Å²) in [6.45, 7) is 2.95. The molecule has 3 rings (SSSR count). The van der Waals surface area contributed by atoms with Gasteiger partial charge in [0.05, 0.1) is 19.8 Å². The molecule has 5 nitrogen and oxygen atoms in total. The van der Waals surface area contributed by atoms with Gasteiger partial charge in [-0.2, -0.15) is 0 Å². The van der Waals surface area contributed by atoms with E-state index in [9.17, 15) is 9.90 Å². The molecule has 1 fully saturated rings. The molecule has 1 aromatic rings. The lowest BCUT2D eigenvalue weighted by atomic mass is 10.0. The first kappa shape index (κ1) is 14.4. The quantitative estimate of drug-likeness (QED) is 0.886. The van der Waals surface area contributed by atoms with Gasteiger partial charge in [-0.25, -0.2) is 0 Å². The lowest BCUT2D eigenvalue weighted by Gasteiger charge is -2.24. The molecule has 0 aliphatic carbocycles. The molecule has 0 spiro atoms. The number of hydrogen-bond donors (Lipinski definition) is 1. The summed E-state index contributed by atoms with van der Waals surface area (Å²) in [5.41, 5.74) is 1.80. The predicted molar refractivity (Wildman–Crippen MR) is 77.6 cm³/mol. The van der Waals surface area contributed by atoms with Crippen LogP contribution in [0.2, 0.25) is 0 Å². The predicted octanol–water partition coefficient (Wildman–Crippen LogP) is 1.09. The monoisotopic (exact) mass is 291 g/mol. The molecule has 1 saturated heterocycles. The second-order valence-electron chi connectivity index (χ2n) is 5.65. The van der Waals surface area contributed by atoms with Crippen LogP contribution in [-0.2, 0) is 11.2 Å². The second kappa shape index (κ2) is 6.45. The third-order valence-electron chi connectivity index (χ3n) is 4.04. The summed E-state index contributed by atoms with van der Waals surface area (Å²) in [7, 11) is 0. The molecule has 0 bridgehead atoms. The number of amides is 1. The zero-order valence-electron chi connectivity index (χ0n) is 12.1. The lowest BCUT2D eigenvalue weighted by molar-refractivity contribution is 0.0728. The average molecular weight is 291 g/mol. The summed E-state index contributed by atoms with van der Waals surface area (Å²) < 4.78 is 11.0. The lowest BCUT2D eigenvalue weighted by Crippen LogP contribution is -2.36. The maximum absolute atomic E-state index is 12.6. The Morgan fingerprint density at radius 1 is 1.38 bits per heavy atom. The van der Waals surface area contributed by atoms with Crippen molar-refractivity contribution in [3.63, 3.8) is 0 Å². The highest BCUT2D eigenvalue weighted by molar-refractivity contribution is 5.94. The first-order valence-corrected chi connectivity index (χ1v) is 7.51. The summed E-state index contributed by atoms with van der Waals surface area (Å²) in [6.07, 6.45) is 1.95. The molecule has 114 valence electrons. The molecule has 2 heterocycles. The minimum absolute atomic E-state index is 0.00240. The molecule has 0 radical (unpaired) electrons. The minimum atomic E-state index is -0.00240. The number of aliphatic hydroxyl groups is 1. The molecular weight excluding hydrogens is 270 g/mol. The maximum atomic E-state index is 12.6. The molecule has 0 unspecified atom stereocenters. The van der Waals surface area contributed by atoms with Gasteiger partial charge in [0.1, 0.15) is 5.75 Å². The van der Waals surface area contributed by atoms with Crippen LogP contribution in [-0.4, -0.2) is 55.4 Å². The fourth-order valence-corrected chi connectivity index (χ4v) is 2.85. The third kappa shape index (κ3) is 3.19. The maximum Gasteiger partial charge on any atom is 0.253 e. The van der Waals surface area contributed by atoms with Gasteiger partial charge in [0.25, 0.3) is 5.91 Å². The van der Waals surface area contributed by atoms with Crippen LogP contribution in [0.5, 0.6) is 5.75 Å². The summed E-state index contributed by atoms with van der Waals surface area (Å²) >= 11 is 0. The van der Waals surface area contributed by atoms with Crippen molar-refractivity contribution in [3.8, 4) is 5.75 Å². The van der Waals surface area contributed by atoms with Gasteiger partial charge in [-0.05, 0) is 36.6 Å². The second-order valence-corrected chi connectivity index (χ2v) is 5.65. The summed E-state index contributed by atoms with van der Waals surface area (Å²) in [5.74, 6) is 0.898. The molecule has 2 aliphatic heterocycles. The van der Waals surface area contributed by atoms with Gasteiger partial charge in [0, 0.05) is 31.2 Å². The van der Waals surface area contributed by atoms with Crippen LogP contribution in [0.1, 0.15) is 22.3 Å². The minimum Gasteiger partial charge on any atom is -0.493 e. The van der Waals surface area contributed by atoms with Crippen molar-refractivity contribution in [2.75, 3.05) is 39.5 Å². The molecular formula is C16H21NO4. The Morgan fingerprint density at radius 2 is 2.29 bits per heavy atom. The number of rotatable bonds is 2. The molecule has 0 aromatic heterocycles. The number of nitrogens with zero attached hydrogens (tertiary/aromatic N) is 1.